The van der Waals surface area contributed by atoms with E-state index in [1.54, 1.807) is 32.9 Å². The van der Waals surface area contributed by atoms with Crippen LogP contribution in [0.5, 0.6) is 0 Å². The van der Waals surface area contributed by atoms with Crippen LogP contribution in [0.1, 0.15) is 58.1 Å². The molecule has 0 aliphatic rings. The first-order valence-corrected chi connectivity index (χ1v) is 12.8. The van der Waals surface area contributed by atoms with E-state index in [0.29, 0.717) is 12.0 Å². The van der Waals surface area contributed by atoms with Crippen LogP contribution in [0.15, 0.2) is 54.6 Å². The van der Waals surface area contributed by atoms with Crippen molar-refractivity contribution in [3.05, 3.63) is 75.8 Å². The van der Waals surface area contributed by atoms with E-state index in [0.717, 1.165) is 18.4 Å². The molecule has 2 aromatic carbocycles. The number of hydrogen-bond donors (Lipinski definition) is 2. The van der Waals surface area contributed by atoms with Gasteiger partial charge in [-0.3, -0.25) is 19.7 Å². The fourth-order valence-electron chi connectivity index (χ4n) is 3.99. The average Bonchev–Trinajstić information content (AvgIpc) is 2.84. The molecule has 0 saturated carbocycles. The topological polar surface area (TPSA) is 145 Å². The van der Waals surface area contributed by atoms with Crippen molar-refractivity contribution in [2.75, 3.05) is 6.54 Å². The number of unbranched alkanes of at least 4 members (excludes halogenated alkanes) is 2. The molecule has 10 nitrogen and oxygen atoms in total. The number of rotatable bonds is 13. The molecule has 2 rings (SSSR count). The Balaban J connectivity index is 2.40. The molecule has 3 amide bonds. The fraction of sp³-hybridized carbons (Fsp3) is 0.464. The molecule has 38 heavy (non-hydrogen) atoms. The lowest BCUT2D eigenvalue weighted by atomic mass is 10.00. The van der Waals surface area contributed by atoms with Gasteiger partial charge in [0.05, 0.1) is 4.92 Å². The summed E-state index contributed by atoms with van der Waals surface area (Å²) in [5, 5.41) is 13.7. The van der Waals surface area contributed by atoms with Crippen LogP contribution in [0, 0.1) is 10.1 Å². The third-order valence-corrected chi connectivity index (χ3v) is 5.84. The normalized spacial score (nSPS) is 12.7. The Morgan fingerprint density at radius 2 is 1.61 bits per heavy atom. The van der Waals surface area contributed by atoms with Crippen LogP contribution < -0.4 is 11.1 Å². The molecule has 2 atom stereocenters. The van der Waals surface area contributed by atoms with Crippen molar-refractivity contribution >= 4 is 23.6 Å². The van der Waals surface area contributed by atoms with E-state index in [1.807, 2.05) is 37.3 Å². The first-order chi connectivity index (χ1) is 17.9. The van der Waals surface area contributed by atoms with Gasteiger partial charge in [-0.25, -0.2) is 4.79 Å². The van der Waals surface area contributed by atoms with Crippen molar-refractivity contribution in [2.45, 2.75) is 77.5 Å². The summed E-state index contributed by atoms with van der Waals surface area (Å²) in [4.78, 5) is 51.2. The maximum absolute atomic E-state index is 14.0. The highest BCUT2D eigenvalue weighted by molar-refractivity contribution is 5.91. The summed E-state index contributed by atoms with van der Waals surface area (Å²) in [5.41, 5.74) is 6.38. The van der Waals surface area contributed by atoms with E-state index in [1.165, 1.54) is 17.0 Å². The first kappa shape index (κ1) is 30.3. The van der Waals surface area contributed by atoms with Crippen LogP contribution in [0.4, 0.5) is 10.5 Å². The second-order valence-corrected chi connectivity index (χ2v) is 10.2. The van der Waals surface area contributed by atoms with Gasteiger partial charge < -0.3 is 20.7 Å². The predicted molar refractivity (Wildman–Crippen MR) is 144 cm³/mol. The molecule has 206 valence electrons. The lowest BCUT2D eigenvalue weighted by Crippen LogP contribution is -2.57. The summed E-state index contributed by atoms with van der Waals surface area (Å²) in [6.07, 6.45) is 1.88. The second kappa shape index (κ2) is 14.1. The van der Waals surface area contributed by atoms with Crippen molar-refractivity contribution in [2.24, 2.45) is 5.73 Å². The van der Waals surface area contributed by atoms with Gasteiger partial charge in [0.2, 0.25) is 11.8 Å². The summed E-state index contributed by atoms with van der Waals surface area (Å²) in [6.45, 7) is 7.46. The average molecular weight is 527 g/mol. The van der Waals surface area contributed by atoms with E-state index >= 15 is 0 Å². The molecule has 0 fully saturated rings. The van der Waals surface area contributed by atoms with Gasteiger partial charge in [-0.2, -0.15) is 0 Å². The highest BCUT2D eigenvalue weighted by Crippen LogP contribution is 2.18. The number of alkyl carbamates (subject to hydrolysis) is 1. The third kappa shape index (κ3) is 9.84. The molecule has 0 aliphatic carbocycles. The lowest BCUT2D eigenvalue weighted by molar-refractivity contribution is -0.384. The number of carbonyl (C=O) groups excluding carboxylic acids is 3. The number of nitrogens with one attached hydrogen (secondary N) is 1. The summed E-state index contributed by atoms with van der Waals surface area (Å²) in [5.74, 6) is -1.16. The molecule has 0 radical (unpaired) electrons. The zero-order chi connectivity index (χ0) is 28.3. The van der Waals surface area contributed by atoms with Crippen molar-refractivity contribution in [1.82, 2.24) is 10.2 Å². The van der Waals surface area contributed by atoms with Gasteiger partial charge in [-0.05, 0) is 38.3 Å². The minimum absolute atomic E-state index is 0.0789. The van der Waals surface area contributed by atoms with E-state index < -0.39 is 40.5 Å². The summed E-state index contributed by atoms with van der Waals surface area (Å²) < 4.78 is 5.40. The molecule has 10 heteroatoms. The van der Waals surface area contributed by atoms with Crippen molar-refractivity contribution < 1.29 is 24.0 Å². The molecule has 0 unspecified atom stereocenters. The van der Waals surface area contributed by atoms with Crippen LogP contribution in [0.2, 0.25) is 0 Å². The van der Waals surface area contributed by atoms with E-state index in [4.69, 9.17) is 10.5 Å². The fourth-order valence-corrected chi connectivity index (χ4v) is 3.99. The zero-order valence-electron chi connectivity index (χ0n) is 22.5. The molecular weight excluding hydrogens is 488 g/mol. The third-order valence-electron chi connectivity index (χ3n) is 5.84. The number of carbonyl (C=O) groups is 3. The Morgan fingerprint density at radius 1 is 1.00 bits per heavy atom. The number of nitro groups is 1. The summed E-state index contributed by atoms with van der Waals surface area (Å²) >= 11 is 0. The summed E-state index contributed by atoms with van der Waals surface area (Å²) in [7, 11) is 0. The number of nitro benzene ring substituents is 1. The van der Waals surface area contributed by atoms with Crippen LogP contribution in [-0.4, -0.2) is 52.0 Å². The number of primary amides is 1. The smallest absolute Gasteiger partial charge is 0.408 e. The highest BCUT2D eigenvalue weighted by Gasteiger charge is 2.34. The molecule has 0 heterocycles. The largest absolute Gasteiger partial charge is 0.444 e. The molecule has 0 spiro atoms. The number of benzene rings is 2. The second-order valence-electron chi connectivity index (χ2n) is 10.2. The number of non-ortho nitro benzene ring substituents is 1. The number of hydrogen-bond acceptors (Lipinski definition) is 6. The number of nitrogens with two attached hydrogens (primary N) is 1. The lowest BCUT2D eigenvalue weighted by Gasteiger charge is -2.33. The molecular formula is C28H38N4O6. The maximum atomic E-state index is 14.0. The number of amides is 3. The molecule has 0 saturated heterocycles. The van der Waals surface area contributed by atoms with Gasteiger partial charge in [0.25, 0.3) is 5.69 Å². The van der Waals surface area contributed by atoms with E-state index in [9.17, 15) is 24.5 Å². The van der Waals surface area contributed by atoms with Crippen molar-refractivity contribution in [3.8, 4) is 0 Å². The Labute approximate surface area is 223 Å². The van der Waals surface area contributed by atoms with Crippen molar-refractivity contribution in [3.63, 3.8) is 0 Å². The van der Waals surface area contributed by atoms with Gasteiger partial charge in [0.15, 0.2) is 0 Å². The Hall–Kier alpha value is -3.95. The maximum Gasteiger partial charge on any atom is 0.408 e. The highest BCUT2D eigenvalue weighted by atomic mass is 16.6. The molecule has 3 N–H and O–H groups in total. The van der Waals surface area contributed by atoms with Gasteiger partial charge in [0, 0.05) is 31.5 Å². The standard InChI is InChI=1S/C28H38N4O6/c1-5-6-10-17-31(24(25(29)33)19-21-13-15-22(16-14-21)32(36)37)26(34)23(18-20-11-8-7-9-12-20)30-27(35)38-28(2,3)4/h7-9,11-16,23-24H,5-6,10,17-19H2,1-4H3,(H2,29,33)(H,30,35)/t23-,24-/m0/s1. The minimum atomic E-state index is -1.01. The van der Waals surface area contributed by atoms with Gasteiger partial charge >= 0.3 is 6.09 Å². The quantitative estimate of drug-likeness (QED) is 0.228. The van der Waals surface area contributed by atoms with Crippen LogP contribution >= 0.6 is 0 Å². The molecule has 0 aliphatic heterocycles. The van der Waals surface area contributed by atoms with Gasteiger partial charge in [0.1, 0.15) is 17.7 Å². The van der Waals surface area contributed by atoms with E-state index in [2.05, 4.69) is 5.32 Å². The SMILES string of the molecule is CCCCCN(C(=O)[C@H](Cc1ccccc1)NC(=O)OC(C)(C)C)[C@@H](Cc1ccc([N+](=O)[O-])cc1)C(N)=O. The monoisotopic (exact) mass is 526 g/mol. The van der Waals surface area contributed by atoms with E-state index in [-0.39, 0.29) is 25.1 Å². The number of nitrogens with zero attached hydrogens (tertiary/aromatic N) is 2. The molecule has 0 bridgehead atoms. The summed E-state index contributed by atoms with van der Waals surface area (Å²) in [6, 6.07) is 13.0. The molecule has 2 aromatic rings. The van der Waals surface area contributed by atoms with Crippen LogP contribution in [0.25, 0.3) is 0 Å². The Bertz CT molecular complexity index is 1080. The van der Waals surface area contributed by atoms with Crippen LogP contribution in [-0.2, 0) is 27.2 Å². The predicted octanol–water partition coefficient (Wildman–Crippen LogP) is 4.15. The number of ether oxygens (including phenoxy) is 1. The zero-order valence-corrected chi connectivity index (χ0v) is 22.5. The van der Waals surface area contributed by atoms with Crippen LogP contribution in [0.3, 0.4) is 0 Å². The minimum Gasteiger partial charge on any atom is -0.444 e. The van der Waals surface area contributed by atoms with Crippen molar-refractivity contribution in [1.29, 1.82) is 0 Å². The first-order valence-electron chi connectivity index (χ1n) is 12.8. The Kier molecular flexibility index (Phi) is 11.2. The van der Waals surface area contributed by atoms with Gasteiger partial charge in [-0.1, -0.05) is 62.2 Å². The molecule has 0 aromatic heterocycles. The van der Waals surface area contributed by atoms with Gasteiger partial charge in [-0.15, -0.1) is 0 Å². The Morgan fingerprint density at radius 3 is 2.13 bits per heavy atom.